The molecule has 4 unspecified atom stereocenters. The van der Waals surface area contributed by atoms with Gasteiger partial charge in [-0.05, 0) is 29.6 Å². The topological polar surface area (TPSA) is 133 Å². The van der Waals surface area contributed by atoms with Crippen molar-refractivity contribution in [3.63, 3.8) is 0 Å². The van der Waals surface area contributed by atoms with Gasteiger partial charge in [-0.1, -0.05) is 53.6 Å². The Bertz CT molecular complexity index is 1340. The summed E-state index contributed by atoms with van der Waals surface area (Å²) in [6.45, 7) is 1.65. The summed E-state index contributed by atoms with van der Waals surface area (Å²) in [5.41, 5.74) is 9.90. The molecule has 0 aromatic heterocycles. The molecular weight excluding hydrogens is 410 g/mol. The maximum Gasteiger partial charge on any atom is 0.198 e. The molecule has 1 aliphatic heterocycles. The monoisotopic (exact) mass is 429 g/mol. The second kappa shape index (κ2) is 7.46. The number of fused-ring (bicyclic) bond motifs is 4. The van der Waals surface area contributed by atoms with Crippen LogP contribution in [0.15, 0.2) is 53.6 Å². The van der Waals surface area contributed by atoms with Crippen LogP contribution in [0.4, 0.5) is 0 Å². The first-order chi connectivity index (χ1) is 15.4. The van der Waals surface area contributed by atoms with Crippen LogP contribution in [0.25, 0.3) is 21.2 Å². The number of rotatable bonds is 2. The number of ether oxygens (including phenoxy) is 1. The van der Waals surface area contributed by atoms with Gasteiger partial charge in [0.15, 0.2) is 11.6 Å². The molecule has 1 fully saturated rings. The third kappa shape index (κ3) is 2.81. The lowest BCUT2D eigenvalue weighted by Crippen LogP contribution is -2.43. The summed E-state index contributed by atoms with van der Waals surface area (Å²) in [6.07, 6.45) is -2.30. The van der Waals surface area contributed by atoms with Crippen molar-refractivity contribution in [3.8, 4) is 5.75 Å². The van der Waals surface area contributed by atoms with Gasteiger partial charge in [-0.2, -0.15) is 0 Å². The number of phenols is 1. The number of hydrogen-bond acceptors (Lipinski definition) is 6. The zero-order chi connectivity index (χ0) is 22.6. The van der Waals surface area contributed by atoms with Crippen molar-refractivity contribution < 1.29 is 24.5 Å². The number of aliphatic hydroxyl groups is 1. The fraction of sp³-hybridized carbons (Fsp3) is 0.250. The van der Waals surface area contributed by atoms with E-state index in [1.54, 1.807) is 55.5 Å². The van der Waals surface area contributed by atoms with Gasteiger partial charge in [0.1, 0.15) is 5.75 Å². The molecule has 3 aromatic rings. The number of hydrogen-bond donors (Lipinski definition) is 2. The van der Waals surface area contributed by atoms with E-state index in [0.29, 0.717) is 21.9 Å². The molecule has 1 saturated heterocycles. The smallest absolute Gasteiger partial charge is 0.198 e. The molecular formula is C24H19N3O5. The molecule has 0 spiro atoms. The minimum atomic E-state index is -0.997. The Morgan fingerprint density at radius 2 is 1.59 bits per heavy atom. The van der Waals surface area contributed by atoms with Gasteiger partial charge in [-0.15, -0.1) is 0 Å². The number of azide groups is 1. The Kier molecular flexibility index (Phi) is 4.71. The molecule has 4 atom stereocenters. The third-order valence-electron chi connectivity index (χ3n) is 6.33. The SMILES string of the molecule is CC1OC(c2c(O)c3c(c4ccccc24)C(=O)c2ccccc2C3=O)CC(N=[N+]=[N-])C1O. The summed E-state index contributed by atoms with van der Waals surface area (Å²) >= 11 is 0. The molecule has 3 aromatic carbocycles. The van der Waals surface area contributed by atoms with E-state index in [9.17, 15) is 19.8 Å². The van der Waals surface area contributed by atoms with E-state index in [1.165, 1.54) is 0 Å². The lowest BCUT2D eigenvalue weighted by molar-refractivity contribution is -0.119. The fourth-order valence-electron chi connectivity index (χ4n) is 4.82. The molecule has 0 saturated carbocycles. The number of aromatic hydroxyl groups is 1. The van der Waals surface area contributed by atoms with Gasteiger partial charge in [0.05, 0.1) is 29.9 Å². The van der Waals surface area contributed by atoms with Gasteiger partial charge < -0.3 is 14.9 Å². The van der Waals surface area contributed by atoms with E-state index in [1.807, 2.05) is 0 Å². The van der Waals surface area contributed by atoms with Crippen LogP contribution in [0.2, 0.25) is 0 Å². The predicted octanol–water partition coefficient (Wildman–Crippen LogP) is 4.21. The van der Waals surface area contributed by atoms with Crippen LogP contribution >= 0.6 is 0 Å². The zero-order valence-corrected chi connectivity index (χ0v) is 17.1. The Morgan fingerprint density at radius 1 is 1.00 bits per heavy atom. The normalized spacial score (nSPS) is 24.6. The molecule has 5 rings (SSSR count). The van der Waals surface area contributed by atoms with E-state index in [-0.39, 0.29) is 34.6 Å². The lowest BCUT2D eigenvalue weighted by Gasteiger charge is -2.37. The third-order valence-corrected chi connectivity index (χ3v) is 6.33. The minimum absolute atomic E-state index is 0.0508. The van der Waals surface area contributed by atoms with Gasteiger partial charge in [0.25, 0.3) is 0 Å². The van der Waals surface area contributed by atoms with Gasteiger partial charge in [0, 0.05) is 27.2 Å². The maximum absolute atomic E-state index is 13.4. The van der Waals surface area contributed by atoms with E-state index in [4.69, 9.17) is 10.3 Å². The summed E-state index contributed by atoms with van der Waals surface area (Å²) in [7, 11) is 0. The summed E-state index contributed by atoms with van der Waals surface area (Å²) in [5, 5.41) is 26.5. The van der Waals surface area contributed by atoms with Gasteiger partial charge >= 0.3 is 0 Å². The summed E-state index contributed by atoms with van der Waals surface area (Å²) < 4.78 is 5.98. The Morgan fingerprint density at radius 3 is 2.25 bits per heavy atom. The van der Waals surface area contributed by atoms with Crippen molar-refractivity contribution in [1.29, 1.82) is 0 Å². The number of nitrogens with zero attached hydrogens (tertiary/aromatic N) is 3. The summed E-state index contributed by atoms with van der Waals surface area (Å²) in [4.78, 5) is 29.6. The molecule has 0 radical (unpaired) electrons. The molecule has 8 nitrogen and oxygen atoms in total. The second-order valence-corrected chi connectivity index (χ2v) is 8.09. The number of benzene rings is 3. The van der Waals surface area contributed by atoms with Crippen LogP contribution in [0.5, 0.6) is 5.75 Å². The van der Waals surface area contributed by atoms with Crippen molar-refractivity contribution in [1.82, 2.24) is 0 Å². The van der Waals surface area contributed by atoms with Crippen LogP contribution < -0.4 is 0 Å². The number of carbonyl (C=O) groups excluding carboxylic acids is 2. The highest BCUT2D eigenvalue weighted by atomic mass is 16.5. The highest BCUT2D eigenvalue weighted by molar-refractivity contribution is 6.33. The van der Waals surface area contributed by atoms with Crippen LogP contribution in [-0.2, 0) is 4.74 Å². The fourth-order valence-corrected chi connectivity index (χ4v) is 4.82. The number of aliphatic hydroxyl groups excluding tert-OH is 1. The molecule has 0 amide bonds. The standard InChI is InChI=1S/C24H19N3O5/c1-11-21(28)16(26-27-25)10-17(32-11)18-12-6-2-3-7-13(12)19-20(24(18)31)23(30)15-9-5-4-8-14(15)22(19)29/h2-9,11,16-17,21,28,31H,10H2,1H3. The average molecular weight is 429 g/mol. The number of phenolic OH excluding ortho intramolecular Hbond substituents is 1. The highest BCUT2D eigenvalue weighted by Gasteiger charge is 2.40. The minimum Gasteiger partial charge on any atom is -0.507 e. The lowest BCUT2D eigenvalue weighted by atomic mass is 9.78. The molecule has 2 N–H and O–H groups in total. The van der Waals surface area contributed by atoms with Crippen LogP contribution in [0.1, 0.15) is 56.9 Å². The van der Waals surface area contributed by atoms with Gasteiger partial charge in [-0.25, -0.2) is 0 Å². The molecule has 160 valence electrons. The van der Waals surface area contributed by atoms with Crippen molar-refractivity contribution in [2.45, 2.75) is 37.7 Å². The first-order valence-corrected chi connectivity index (χ1v) is 10.3. The Hall–Kier alpha value is -3.71. The van der Waals surface area contributed by atoms with E-state index in [0.717, 1.165) is 0 Å². The maximum atomic E-state index is 13.4. The average Bonchev–Trinajstić information content (AvgIpc) is 2.80. The Labute approximate surface area is 182 Å². The highest BCUT2D eigenvalue weighted by Crippen LogP contribution is 2.46. The number of carbonyl (C=O) groups is 2. The first kappa shape index (κ1) is 20.2. The van der Waals surface area contributed by atoms with Crippen molar-refractivity contribution in [2.75, 3.05) is 0 Å². The molecule has 8 heteroatoms. The molecule has 0 bridgehead atoms. The van der Waals surface area contributed by atoms with Crippen molar-refractivity contribution >= 4 is 22.3 Å². The first-order valence-electron chi connectivity index (χ1n) is 10.3. The zero-order valence-electron chi connectivity index (χ0n) is 17.1. The largest absolute Gasteiger partial charge is 0.507 e. The van der Waals surface area contributed by atoms with Crippen molar-refractivity contribution in [3.05, 3.63) is 86.8 Å². The van der Waals surface area contributed by atoms with Gasteiger partial charge in [0.2, 0.25) is 0 Å². The van der Waals surface area contributed by atoms with Crippen molar-refractivity contribution in [2.24, 2.45) is 5.11 Å². The molecule has 1 heterocycles. The predicted molar refractivity (Wildman–Crippen MR) is 116 cm³/mol. The summed E-state index contributed by atoms with van der Waals surface area (Å²) in [5.74, 6) is -1.08. The molecule has 1 aliphatic carbocycles. The van der Waals surface area contributed by atoms with E-state index >= 15 is 0 Å². The van der Waals surface area contributed by atoms with E-state index in [2.05, 4.69) is 10.0 Å². The van der Waals surface area contributed by atoms with Gasteiger partial charge in [-0.3, -0.25) is 9.59 Å². The van der Waals surface area contributed by atoms with Crippen LogP contribution in [0.3, 0.4) is 0 Å². The van der Waals surface area contributed by atoms with E-state index < -0.39 is 30.1 Å². The summed E-state index contributed by atoms with van der Waals surface area (Å²) in [6, 6.07) is 12.8. The molecule has 2 aliphatic rings. The quantitative estimate of drug-likeness (QED) is 0.280. The number of ketones is 2. The second-order valence-electron chi connectivity index (χ2n) is 8.09. The van der Waals surface area contributed by atoms with Crippen LogP contribution in [0, 0.1) is 0 Å². The van der Waals surface area contributed by atoms with Crippen LogP contribution in [-0.4, -0.2) is 40.0 Å². The Balaban J connectivity index is 1.78. The molecule has 32 heavy (non-hydrogen) atoms.